The molecule has 9 atom stereocenters. The minimum Gasteiger partial charge on any atom is -0.480 e. The number of carbonyl (C=O) groups excluding carboxylic acids is 12. The summed E-state index contributed by atoms with van der Waals surface area (Å²) < 4.78 is 0. The maximum atomic E-state index is 13.8. The normalized spacial score (nSPS) is 16.4. The third-order valence-corrected chi connectivity index (χ3v) is 12.2. The molecular weight excluding hydrogens is 1010 g/mol. The molecule has 0 spiro atoms. The number of nitrogens with one attached hydrogen (secondary N) is 11. The fourth-order valence-corrected chi connectivity index (χ4v) is 7.94. The number of nitrogens with two attached hydrogens (primary N) is 2. The molecular formula is C48H83N13O14S. The number of rotatable bonds is 34. The zero-order chi connectivity index (χ0) is 58.1. The highest BCUT2D eigenvalue weighted by Gasteiger charge is 2.36. The van der Waals surface area contributed by atoms with Crippen LogP contribution < -0.4 is 70.0 Å². The van der Waals surface area contributed by atoms with Crippen LogP contribution in [0.1, 0.15) is 114 Å². The molecule has 28 heteroatoms. The van der Waals surface area contributed by atoms with Crippen LogP contribution in [0.25, 0.3) is 0 Å². The molecule has 0 saturated carbocycles. The van der Waals surface area contributed by atoms with E-state index in [0.717, 1.165) is 6.42 Å². The molecule has 0 aromatic carbocycles. The summed E-state index contributed by atoms with van der Waals surface area (Å²) in [4.78, 5) is 169. The Labute approximate surface area is 449 Å². The first-order valence-electron chi connectivity index (χ1n) is 25.5. The number of carbonyl (C=O) groups is 13. The highest BCUT2D eigenvalue weighted by atomic mass is 32.1. The van der Waals surface area contributed by atoms with Crippen molar-refractivity contribution in [2.24, 2.45) is 41.1 Å². The molecule has 1 heterocycles. The zero-order valence-corrected chi connectivity index (χ0v) is 46.1. The van der Waals surface area contributed by atoms with Crippen molar-refractivity contribution in [3.05, 3.63) is 0 Å². The van der Waals surface area contributed by atoms with Gasteiger partial charge >= 0.3 is 5.97 Å². The van der Waals surface area contributed by atoms with Crippen LogP contribution in [0.2, 0.25) is 0 Å². The van der Waals surface area contributed by atoms with Crippen molar-refractivity contribution in [3.63, 3.8) is 0 Å². The first-order chi connectivity index (χ1) is 35.4. The van der Waals surface area contributed by atoms with E-state index in [2.05, 4.69) is 71.1 Å². The fourth-order valence-electron chi connectivity index (χ4n) is 7.68. The van der Waals surface area contributed by atoms with Gasteiger partial charge in [-0.25, -0.2) is 4.79 Å². The Morgan fingerprint density at radius 3 is 1.37 bits per heavy atom. The molecule has 1 aliphatic heterocycles. The van der Waals surface area contributed by atoms with Crippen molar-refractivity contribution in [2.45, 2.75) is 169 Å². The number of aliphatic carboxylic acids is 1. The number of hydrogen-bond donors (Lipinski definition) is 15. The van der Waals surface area contributed by atoms with Crippen LogP contribution >= 0.6 is 12.6 Å². The first kappa shape index (κ1) is 67.4. The molecule has 1 rings (SSSR count). The van der Waals surface area contributed by atoms with E-state index >= 15 is 0 Å². The summed E-state index contributed by atoms with van der Waals surface area (Å²) in [6, 6.07) is -11.0. The van der Waals surface area contributed by atoms with Gasteiger partial charge in [0.15, 0.2) is 0 Å². The second-order valence-electron chi connectivity index (χ2n) is 20.7. The molecule has 16 N–H and O–H groups in total. The Balaban J connectivity index is 3.11. The summed E-state index contributed by atoms with van der Waals surface area (Å²) in [5, 5.41) is 37.2. The first-order valence-corrected chi connectivity index (χ1v) is 26.1. The Morgan fingerprint density at radius 1 is 0.513 bits per heavy atom. The number of carboxylic acid groups (broad SMARTS) is 1. The highest BCUT2D eigenvalue weighted by Crippen LogP contribution is 2.13. The van der Waals surface area contributed by atoms with Gasteiger partial charge in [0.25, 0.3) is 0 Å². The predicted octanol–water partition coefficient (Wildman–Crippen LogP) is -3.94. The average Bonchev–Trinajstić information content (AvgIpc) is 3.87. The smallest absolute Gasteiger partial charge is 0.326 e. The molecule has 0 unspecified atom stereocenters. The van der Waals surface area contributed by atoms with Gasteiger partial charge in [0.2, 0.25) is 70.9 Å². The number of hydrogen-bond acceptors (Lipinski definition) is 15. The highest BCUT2D eigenvalue weighted by molar-refractivity contribution is 7.80. The molecule has 76 heavy (non-hydrogen) atoms. The Bertz CT molecular complexity index is 2070. The molecule has 0 aromatic rings. The summed E-state index contributed by atoms with van der Waals surface area (Å²) in [7, 11) is 0. The van der Waals surface area contributed by atoms with Crippen LogP contribution in [-0.4, -0.2) is 162 Å². The summed E-state index contributed by atoms with van der Waals surface area (Å²) in [6.07, 6.45) is 0.273. The van der Waals surface area contributed by atoms with E-state index in [0.29, 0.717) is 13.0 Å². The van der Waals surface area contributed by atoms with E-state index in [9.17, 15) is 67.4 Å². The summed E-state index contributed by atoms with van der Waals surface area (Å²) in [6.45, 7) is 16.0. The van der Waals surface area contributed by atoms with Crippen molar-refractivity contribution in [3.8, 4) is 0 Å². The number of amides is 12. The van der Waals surface area contributed by atoms with E-state index in [1.165, 1.54) is 0 Å². The molecule has 0 radical (unpaired) electrons. The fraction of sp³-hybridized carbons (Fsp3) is 0.729. The molecule has 1 aliphatic rings. The van der Waals surface area contributed by atoms with Gasteiger partial charge < -0.3 is 75.1 Å². The Hall–Kier alpha value is -6.58. The lowest BCUT2D eigenvalue weighted by molar-refractivity contribution is -0.143. The topological polar surface area (TPSA) is 427 Å². The molecule has 1 fully saturated rings. The lowest BCUT2D eigenvalue weighted by atomic mass is 9.99. The molecule has 0 bridgehead atoms. The van der Waals surface area contributed by atoms with Gasteiger partial charge in [-0.1, -0.05) is 69.2 Å². The van der Waals surface area contributed by atoms with Crippen LogP contribution in [0.5, 0.6) is 0 Å². The number of primary amides is 2. The Kier molecular flexibility index (Phi) is 29.7. The second kappa shape index (κ2) is 33.5. The van der Waals surface area contributed by atoms with Crippen molar-refractivity contribution in [1.29, 1.82) is 0 Å². The molecule has 1 saturated heterocycles. The zero-order valence-electron chi connectivity index (χ0n) is 45.2. The van der Waals surface area contributed by atoms with Crippen LogP contribution in [0.3, 0.4) is 0 Å². The van der Waals surface area contributed by atoms with E-state index in [1.807, 2.05) is 13.8 Å². The molecule has 0 aliphatic carbocycles. The van der Waals surface area contributed by atoms with Gasteiger partial charge in [-0.3, -0.25) is 57.5 Å². The monoisotopic (exact) mass is 1100 g/mol. The lowest BCUT2D eigenvalue weighted by Gasteiger charge is -2.28. The van der Waals surface area contributed by atoms with Crippen LogP contribution in [0.4, 0.5) is 0 Å². The largest absolute Gasteiger partial charge is 0.480 e. The van der Waals surface area contributed by atoms with E-state index in [1.54, 1.807) is 55.4 Å². The molecule has 430 valence electrons. The lowest BCUT2D eigenvalue weighted by Crippen LogP contribution is -2.61. The van der Waals surface area contributed by atoms with Gasteiger partial charge in [-0.05, 0) is 68.2 Å². The molecule has 0 aromatic heterocycles. The number of thiol groups is 1. The van der Waals surface area contributed by atoms with Gasteiger partial charge in [-0.2, -0.15) is 12.6 Å². The minimum atomic E-state index is -1.67. The standard InChI is InChI=1S/C48H83N13O14S/c1-22(2)16-29(43(69)54-28(13-14-33(49)62)40(66)52-20-36(65)60-39(26(9)10)48(74)75)57-46(72)37(24(5)6)59-35(64)19-53-41(67)31(18-34(50)63)56-45(71)32(21-76)58-47(73)38(25(7)8)61-44(70)30(17-23(3)4)55-42(68)27-12-11-15-51-27/h22-32,37-39,51,76H,11-21H2,1-10H3,(H2,49,62)(H2,50,63)(H,52,66)(H,53,67)(H,54,69)(H,55,68)(H,56,71)(H,57,72)(H,58,73)(H,59,64)(H,60,65)(H,61,70)(H,74,75)/t27-,28-,29-,30-,31-,32-,37-,38-,39-/m0/s1. The summed E-state index contributed by atoms with van der Waals surface area (Å²) in [5.74, 6) is -13.5. The Morgan fingerprint density at radius 2 is 0.934 bits per heavy atom. The van der Waals surface area contributed by atoms with Crippen molar-refractivity contribution >= 4 is 89.5 Å². The SMILES string of the molecule is CC(C)C[C@H](NC(=O)[C@@H]1CCCN1)C(=O)N[C@H](C(=O)N[C@@H](CS)C(=O)N[C@@H](CC(N)=O)C(=O)NCC(=O)N[C@H](C(=O)N[C@@H](CC(C)C)C(=O)N[C@@H](CCC(N)=O)C(=O)NCC(=O)N[C@H](C(=O)O)C(C)C)C(C)C)C(C)C. The number of carboxylic acids is 1. The summed E-state index contributed by atoms with van der Waals surface area (Å²) >= 11 is 4.19. The van der Waals surface area contributed by atoms with Gasteiger partial charge in [-0.15, -0.1) is 0 Å². The van der Waals surface area contributed by atoms with Crippen molar-refractivity contribution in [2.75, 3.05) is 25.4 Å². The van der Waals surface area contributed by atoms with E-state index < -0.39 is 163 Å². The van der Waals surface area contributed by atoms with Crippen LogP contribution in [0, 0.1) is 29.6 Å². The quantitative estimate of drug-likeness (QED) is 0.0274. The molecule has 12 amide bonds. The van der Waals surface area contributed by atoms with Crippen molar-refractivity contribution < 1.29 is 67.4 Å². The van der Waals surface area contributed by atoms with E-state index in [-0.39, 0.29) is 49.2 Å². The van der Waals surface area contributed by atoms with E-state index in [4.69, 9.17) is 11.5 Å². The third-order valence-electron chi connectivity index (χ3n) is 11.8. The maximum absolute atomic E-state index is 13.8. The summed E-state index contributed by atoms with van der Waals surface area (Å²) in [5.41, 5.74) is 10.7. The van der Waals surface area contributed by atoms with Gasteiger partial charge in [0.1, 0.15) is 48.3 Å². The van der Waals surface area contributed by atoms with Crippen LogP contribution in [-0.2, 0) is 62.3 Å². The van der Waals surface area contributed by atoms with Crippen LogP contribution in [0.15, 0.2) is 0 Å². The van der Waals surface area contributed by atoms with Crippen molar-refractivity contribution in [1.82, 2.24) is 58.5 Å². The minimum absolute atomic E-state index is 0.00602. The van der Waals surface area contributed by atoms with Gasteiger partial charge in [0.05, 0.1) is 25.6 Å². The molecule has 27 nitrogen and oxygen atoms in total. The maximum Gasteiger partial charge on any atom is 0.326 e. The predicted molar refractivity (Wildman–Crippen MR) is 280 cm³/mol. The average molecular weight is 1100 g/mol. The van der Waals surface area contributed by atoms with Gasteiger partial charge in [0, 0.05) is 12.2 Å². The second-order valence-corrected chi connectivity index (χ2v) is 21.0. The third kappa shape index (κ3) is 24.8.